The quantitative estimate of drug-likeness (QED) is 0.467. The molecule has 1 atom stereocenters. The molecule has 0 aliphatic carbocycles. The van der Waals surface area contributed by atoms with Gasteiger partial charge in [-0.15, -0.1) is 0 Å². The molecule has 1 unspecified atom stereocenters. The number of aliphatic imine (C=N–C) groups is 1. The smallest absolute Gasteiger partial charge is 0.225 e. The maximum absolute atomic E-state index is 12.5. The van der Waals surface area contributed by atoms with Crippen LogP contribution in [0.25, 0.3) is 0 Å². The van der Waals surface area contributed by atoms with Crippen LogP contribution in [-0.4, -0.2) is 54.1 Å². The number of nitrogens with zero attached hydrogens (tertiary/aromatic N) is 2. The normalized spacial score (nSPS) is 18.2. The number of rotatable bonds is 8. The third kappa shape index (κ3) is 5.99. The van der Waals surface area contributed by atoms with Gasteiger partial charge in [0.05, 0.1) is 12.8 Å². The highest BCUT2D eigenvalue weighted by Gasteiger charge is 2.28. The molecule has 1 aromatic heterocycles. The van der Waals surface area contributed by atoms with E-state index < -0.39 is 5.60 Å². The molecule has 3 N–H and O–H groups in total. The summed E-state index contributed by atoms with van der Waals surface area (Å²) in [6.07, 6.45) is 5.14. The molecule has 0 spiro atoms. The highest BCUT2D eigenvalue weighted by Crippen LogP contribution is 2.21. The molecular formula is C21H36N4O3. The van der Waals surface area contributed by atoms with Gasteiger partial charge in [0, 0.05) is 31.6 Å². The average Bonchev–Trinajstić information content (AvgIpc) is 3.24. The largest absolute Gasteiger partial charge is 0.466 e. The summed E-state index contributed by atoms with van der Waals surface area (Å²) in [5.41, 5.74) is -1.16. The van der Waals surface area contributed by atoms with Gasteiger partial charge in [-0.25, -0.2) is 4.99 Å². The van der Waals surface area contributed by atoms with E-state index >= 15 is 0 Å². The van der Waals surface area contributed by atoms with Crippen molar-refractivity contribution in [2.24, 2.45) is 10.9 Å². The van der Waals surface area contributed by atoms with E-state index in [1.165, 1.54) is 0 Å². The Kier molecular flexibility index (Phi) is 8.35. The number of likely N-dealkylation sites (tertiary alicyclic amines) is 1. The molecular weight excluding hydrogens is 356 g/mol. The zero-order valence-electron chi connectivity index (χ0n) is 17.7. The molecule has 1 fully saturated rings. The third-order valence-electron chi connectivity index (χ3n) is 5.42. The van der Waals surface area contributed by atoms with Crippen molar-refractivity contribution in [3.05, 3.63) is 24.2 Å². The van der Waals surface area contributed by atoms with Gasteiger partial charge in [0.15, 0.2) is 5.96 Å². The van der Waals surface area contributed by atoms with Gasteiger partial charge in [0.2, 0.25) is 5.91 Å². The van der Waals surface area contributed by atoms with Crippen molar-refractivity contribution in [1.29, 1.82) is 0 Å². The first kappa shape index (κ1) is 22.3. The number of furan rings is 1. The molecule has 2 heterocycles. The lowest BCUT2D eigenvalue weighted by Crippen LogP contribution is -2.50. The van der Waals surface area contributed by atoms with E-state index in [1.807, 2.05) is 11.8 Å². The predicted molar refractivity (Wildman–Crippen MR) is 111 cm³/mol. The second-order valence-electron chi connectivity index (χ2n) is 7.70. The van der Waals surface area contributed by atoms with Crippen LogP contribution in [0.2, 0.25) is 0 Å². The van der Waals surface area contributed by atoms with Crippen LogP contribution in [0.1, 0.15) is 59.1 Å². The van der Waals surface area contributed by atoms with Crippen molar-refractivity contribution < 1.29 is 14.3 Å². The summed E-state index contributed by atoms with van der Waals surface area (Å²) >= 11 is 0. The minimum Gasteiger partial charge on any atom is -0.466 e. The molecule has 1 aromatic rings. The number of aliphatic hydroxyl groups is 1. The highest BCUT2D eigenvalue weighted by molar-refractivity contribution is 5.80. The first-order chi connectivity index (χ1) is 13.4. The Bertz CT molecular complexity index is 616. The van der Waals surface area contributed by atoms with Gasteiger partial charge in [0.25, 0.3) is 0 Å². The lowest BCUT2D eigenvalue weighted by atomic mass is 9.98. The first-order valence-electron chi connectivity index (χ1n) is 10.5. The zero-order valence-corrected chi connectivity index (χ0v) is 17.7. The second kappa shape index (κ2) is 10.5. The lowest BCUT2D eigenvalue weighted by molar-refractivity contribution is -0.136. The Morgan fingerprint density at radius 1 is 1.36 bits per heavy atom. The Hall–Kier alpha value is -2.02. The van der Waals surface area contributed by atoms with E-state index in [0.29, 0.717) is 17.6 Å². The number of hydrogen-bond acceptors (Lipinski definition) is 4. The summed E-state index contributed by atoms with van der Waals surface area (Å²) < 4.78 is 5.31. The maximum atomic E-state index is 12.5. The summed E-state index contributed by atoms with van der Waals surface area (Å²) in [7, 11) is 0. The molecule has 1 amide bonds. The summed E-state index contributed by atoms with van der Waals surface area (Å²) in [5, 5.41) is 17.3. The lowest BCUT2D eigenvalue weighted by Gasteiger charge is -2.35. The van der Waals surface area contributed by atoms with E-state index in [0.717, 1.165) is 45.3 Å². The maximum Gasteiger partial charge on any atom is 0.225 e. The third-order valence-corrected chi connectivity index (χ3v) is 5.42. The van der Waals surface area contributed by atoms with Crippen molar-refractivity contribution in [3.63, 3.8) is 0 Å². The molecule has 2 rings (SSSR count). The number of piperidine rings is 1. The van der Waals surface area contributed by atoms with Gasteiger partial charge < -0.3 is 25.1 Å². The van der Waals surface area contributed by atoms with Crippen molar-refractivity contribution in [3.8, 4) is 0 Å². The van der Waals surface area contributed by atoms with Crippen LogP contribution in [0.3, 0.4) is 0 Å². The average molecular weight is 393 g/mol. The van der Waals surface area contributed by atoms with E-state index in [4.69, 9.17) is 4.42 Å². The van der Waals surface area contributed by atoms with Crippen LogP contribution in [0.15, 0.2) is 27.8 Å². The number of carbonyl (C=O) groups excluding carboxylic acids is 1. The monoisotopic (exact) mass is 392 g/mol. The Labute approximate surface area is 168 Å². The van der Waals surface area contributed by atoms with Crippen LogP contribution >= 0.6 is 0 Å². The van der Waals surface area contributed by atoms with Crippen molar-refractivity contribution in [1.82, 2.24) is 15.5 Å². The Morgan fingerprint density at radius 3 is 2.57 bits per heavy atom. The van der Waals surface area contributed by atoms with E-state index in [9.17, 15) is 9.90 Å². The van der Waals surface area contributed by atoms with Crippen LogP contribution in [-0.2, 0) is 10.4 Å². The topological polar surface area (TPSA) is 90.1 Å². The van der Waals surface area contributed by atoms with E-state index in [2.05, 4.69) is 29.5 Å². The molecule has 0 aromatic carbocycles. The summed E-state index contributed by atoms with van der Waals surface area (Å²) in [5.74, 6) is 1.62. The van der Waals surface area contributed by atoms with Crippen LogP contribution in [0, 0.1) is 5.92 Å². The van der Waals surface area contributed by atoms with E-state index in [1.54, 1.807) is 25.3 Å². The molecule has 0 radical (unpaired) electrons. The first-order valence-corrected chi connectivity index (χ1v) is 10.5. The van der Waals surface area contributed by atoms with Crippen molar-refractivity contribution >= 4 is 11.9 Å². The van der Waals surface area contributed by atoms with Crippen molar-refractivity contribution in [2.45, 2.75) is 65.0 Å². The van der Waals surface area contributed by atoms with Gasteiger partial charge >= 0.3 is 0 Å². The van der Waals surface area contributed by atoms with Gasteiger partial charge in [-0.2, -0.15) is 0 Å². The summed E-state index contributed by atoms with van der Waals surface area (Å²) in [4.78, 5) is 19.1. The number of guanidine groups is 1. The van der Waals surface area contributed by atoms with Crippen LogP contribution in [0.4, 0.5) is 0 Å². The fourth-order valence-electron chi connectivity index (χ4n) is 3.55. The number of hydrogen-bond donors (Lipinski definition) is 3. The number of carbonyl (C=O) groups is 1. The number of amides is 1. The highest BCUT2D eigenvalue weighted by atomic mass is 16.4. The summed E-state index contributed by atoms with van der Waals surface area (Å²) in [6.45, 7) is 10.4. The second-order valence-corrected chi connectivity index (χ2v) is 7.70. The molecule has 1 aliphatic heterocycles. The standard InChI is InChI=1S/C21H36N4O3/c1-5-16(6-2)19(26)25-12-10-17(11-13-25)24-20(22-7-3)23-15-21(4,27)18-9-8-14-28-18/h8-9,14,16-17,27H,5-7,10-13,15H2,1-4H3,(H2,22,23,24). The minimum atomic E-state index is -1.16. The van der Waals surface area contributed by atoms with Gasteiger partial charge in [0.1, 0.15) is 11.4 Å². The van der Waals surface area contributed by atoms with Gasteiger partial charge in [-0.3, -0.25) is 4.79 Å². The Morgan fingerprint density at radius 2 is 2.04 bits per heavy atom. The van der Waals surface area contributed by atoms with Crippen LogP contribution < -0.4 is 10.6 Å². The summed E-state index contributed by atoms with van der Waals surface area (Å²) in [6, 6.07) is 3.77. The molecule has 28 heavy (non-hydrogen) atoms. The zero-order chi connectivity index (χ0) is 20.6. The SMILES string of the molecule is CCNC(=NCC(C)(O)c1ccco1)NC1CCN(C(=O)C(CC)CC)CC1. The fraction of sp³-hybridized carbons (Fsp3) is 0.714. The molecule has 0 saturated carbocycles. The fourth-order valence-corrected chi connectivity index (χ4v) is 3.55. The molecule has 1 saturated heterocycles. The van der Waals surface area contributed by atoms with Crippen molar-refractivity contribution in [2.75, 3.05) is 26.2 Å². The number of nitrogens with one attached hydrogen (secondary N) is 2. The molecule has 0 bridgehead atoms. The minimum absolute atomic E-state index is 0.146. The van der Waals surface area contributed by atoms with Gasteiger partial charge in [-0.1, -0.05) is 13.8 Å². The predicted octanol–water partition coefficient (Wildman–Crippen LogP) is 2.47. The Balaban J connectivity index is 1.90. The molecule has 7 heteroatoms. The molecule has 1 aliphatic rings. The van der Waals surface area contributed by atoms with E-state index in [-0.39, 0.29) is 18.5 Å². The van der Waals surface area contributed by atoms with Gasteiger partial charge in [-0.05, 0) is 51.7 Å². The molecule has 7 nitrogen and oxygen atoms in total. The molecule has 158 valence electrons. The van der Waals surface area contributed by atoms with Crippen LogP contribution in [0.5, 0.6) is 0 Å².